The number of hydrogen-bond donors (Lipinski definition) is 1. The Morgan fingerprint density at radius 2 is 1.23 bits per heavy atom. The zero-order chi connectivity index (χ0) is 22.8. The highest BCUT2D eigenvalue weighted by atomic mass is 16.5. The zero-order valence-corrected chi connectivity index (χ0v) is 20.1. The first-order valence-corrected chi connectivity index (χ1v) is 11.1. The highest BCUT2D eigenvalue weighted by molar-refractivity contribution is 5.87. The van der Waals surface area contributed by atoms with E-state index in [1.165, 1.54) is 16.7 Å². The normalized spacial score (nSPS) is 15.1. The number of rotatable bonds is 2. The van der Waals surface area contributed by atoms with E-state index in [-0.39, 0.29) is 16.4 Å². The Labute approximate surface area is 186 Å². The van der Waals surface area contributed by atoms with E-state index in [4.69, 9.17) is 4.74 Å². The van der Waals surface area contributed by atoms with Crippen molar-refractivity contribution in [3.63, 3.8) is 0 Å². The Bertz CT molecular complexity index is 1140. The number of fused-ring (bicyclic) bond motifs is 1. The minimum atomic E-state index is -0.315. The van der Waals surface area contributed by atoms with Crippen molar-refractivity contribution < 1.29 is 9.84 Å². The molecule has 2 heteroatoms. The predicted molar refractivity (Wildman–Crippen MR) is 130 cm³/mol. The first-order chi connectivity index (χ1) is 14.3. The van der Waals surface area contributed by atoms with Crippen molar-refractivity contribution in [1.29, 1.82) is 0 Å². The molecule has 1 aliphatic heterocycles. The lowest BCUT2D eigenvalue weighted by Crippen LogP contribution is -2.36. The van der Waals surface area contributed by atoms with Gasteiger partial charge < -0.3 is 9.84 Å². The van der Waals surface area contributed by atoms with E-state index < -0.39 is 0 Å². The Morgan fingerprint density at radius 1 is 0.710 bits per heavy atom. The number of phenols is 1. The molecule has 3 aromatic rings. The highest BCUT2D eigenvalue weighted by Crippen LogP contribution is 2.54. The van der Waals surface area contributed by atoms with Crippen molar-refractivity contribution in [3.05, 3.63) is 71.3 Å². The van der Waals surface area contributed by atoms with Gasteiger partial charge in [-0.25, -0.2) is 0 Å². The van der Waals surface area contributed by atoms with Gasteiger partial charge >= 0.3 is 0 Å². The van der Waals surface area contributed by atoms with Gasteiger partial charge in [0.2, 0.25) is 0 Å². The zero-order valence-electron chi connectivity index (χ0n) is 20.1. The first kappa shape index (κ1) is 21.5. The standard InChI is InChI=1S/C29H34O2/c1-27(2,3)19-14-21(18-12-10-9-11-13-18)25(30)22(15-19)23-16-20(28(4,5)6)17-24-26(23)31-29(24,7)8/h9-17,30H,1-8H3. The molecular weight excluding hydrogens is 380 g/mol. The van der Waals surface area contributed by atoms with Gasteiger partial charge in [-0.2, -0.15) is 0 Å². The summed E-state index contributed by atoms with van der Waals surface area (Å²) in [6.07, 6.45) is 0. The molecule has 31 heavy (non-hydrogen) atoms. The number of hydrogen-bond acceptors (Lipinski definition) is 2. The molecule has 0 radical (unpaired) electrons. The van der Waals surface area contributed by atoms with Crippen LogP contribution in [0.3, 0.4) is 0 Å². The summed E-state index contributed by atoms with van der Waals surface area (Å²) >= 11 is 0. The van der Waals surface area contributed by atoms with Crippen LogP contribution in [0, 0.1) is 0 Å². The van der Waals surface area contributed by atoms with Gasteiger partial charge in [-0.1, -0.05) is 71.9 Å². The largest absolute Gasteiger partial charge is 0.507 e. The van der Waals surface area contributed by atoms with Gasteiger partial charge in [-0.3, -0.25) is 0 Å². The predicted octanol–water partition coefficient (Wildman–Crippen LogP) is 7.95. The molecule has 0 unspecified atom stereocenters. The Hall–Kier alpha value is -2.74. The summed E-state index contributed by atoms with van der Waals surface area (Å²) < 4.78 is 6.24. The van der Waals surface area contributed by atoms with Crippen LogP contribution in [0.2, 0.25) is 0 Å². The molecule has 0 spiro atoms. The molecule has 0 aromatic heterocycles. The highest BCUT2D eigenvalue weighted by Gasteiger charge is 2.40. The Morgan fingerprint density at radius 3 is 1.77 bits per heavy atom. The smallest absolute Gasteiger partial charge is 0.135 e. The van der Waals surface area contributed by atoms with Crippen molar-refractivity contribution in [1.82, 2.24) is 0 Å². The van der Waals surface area contributed by atoms with Crippen molar-refractivity contribution in [2.45, 2.75) is 71.8 Å². The molecule has 0 saturated carbocycles. The van der Waals surface area contributed by atoms with Crippen LogP contribution in [0.25, 0.3) is 22.3 Å². The minimum absolute atomic E-state index is 0.00499. The third-order valence-electron chi connectivity index (χ3n) is 6.31. The summed E-state index contributed by atoms with van der Waals surface area (Å²) in [6.45, 7) is 17.5. The monoisotopic (exact) mass is 414 g/mol. The lowest BCUT2D eigenvalue weighted by Gasteiger charge is -2.41. The number of phenolic OH excluding ortho intramolecular Hbond substituents is 1. The summed E-state index contributed by atoms with van der Waals surface area (Å²) in [5.41, 5.74) is 6.95. The molecule has 0 saturated heterocycles. The molecule has 0 amide bonds. The Kier molecular flexibility index (Phi) is 4.77. The maximum absolute atomic E-state index is 11.5. The van der Waals surface area contributed by atoms with Gasteiger partial charge in [0.1, 0.15) is 17.1 Å². The van der Waals surface area contributed by atoms with Gasteiger partial charge in [0, 0.05) is 22.3 Å². The summed E-state index contributed by atoms with van der Waals surface area (Å²) in [5.74, 6) is 1.19. The number of ether oxygens (including phenoxy) is 1. The van der Waals surface area contributed by atoms with Crippen LogP contribution in [0.15, 0.2) is 54.6 Å². The number of aromatic hydroxyl groups is 1. The molecule has 0 atom stereocenters. The van der Waals surface area contributed by atoms with E-state index in [1.54, 1.807) is 0 Å². The van der Waals surface area contributed by atoms with E-state index in [9.17, 15) is 5.11 Å². The fourth-order valence-electron chi connectivity index (χ4n) is 4.19. The molecule has 0 bridgehead atoms. The second-order valence-corrected chi connectivity index (χ2v) is 11.3. The molecule has 0 fully saturated rings. The van der Waals surface area contributed by atoms with Crippen LogP contribution in [0.4, 0.5) is 0 Å². The summed E-state index contributed by atoms with van der Waals surface area (Å²) in [7, 11) is 0. The average Bonchev–Trinajstić information content (AvgIpc) is 2.66. The van der Waals surface area contributed by atoms with Crippen LogP contribution in [0.5, 0.6) is 11.5 Å². The summed E-state index contributed by atoms with van der Waals surface area (Å²) in [6, 6.07) is 18.9. The lowest BCUT2D eigenvalue weighted by atomic mass is 9.77. The topological polar surface area (TPSA) is 29.5 Å². The van der Waals surface area contributed by atoms with Gasteiger partial charge in [-0.05, 0) is 65.6 Å². The van der Waals surface area contributed by atoms with Crippen LogP contribution in [-0.2, 0) is 16.4 Å². The van der Waals surface area contributed by atoms with E-state index in [0.717, 1.165) is 28.0 Å². The maximum Gasteiger partial charge on any atom is 0.135 e. The van der Waals surface area contributed by atoms with E-state index >= 15 is 0 Å². The molecule has 1 heterocycles. The Balaban J connectivity index is 2.04. The first-order valence-electron chi connectivity index (χ1n) is 11.1. The van der Waals surface area contributed by atoms with Gasteiger partial charge in [0.05, 0.1) is 0 Å². The van der Waals surface area contributed by atoms with Crippen LogP contribution in [0.1, 0.15) is 72.1 Å². The average molecular weight is 415 g/mol. The maximum atomic E-state index is 11.5. The fourth-order valence-corrected chi connectivity index (χ4v) is 4.19. The van der Waals surface area contributed by atoms with Crippen LogP contribution in [-0.4, -0.2) is 5.11 Å². The SMILES string of the molecule is CC(C)(C)c1cc(-c2ccccc2)c(O)c(-c2cc(C(C)(C)C)cc3c2OC3(C)C)c1. The molecular formula is C29H34O2. The van der Waals surface area contributed by atoms with Gasteiger partial charge in [0.15, 0.2) is 0 Å². The van der Waals surface area contributed by atoms with E-state index in [2.05, 4.69) is 91.8 Å². The third-order valence-corrected chi connectivity index (χ3v) is 6.31. The molecule has 162 valence electrons. The minimum Gasteiger partial charge on any atom is -0.507 e. The molecule has 1 N–H and O–H groups in total. The van der Waals surface area contributed by atoms with Crippen molar-refractivity contribution in [2.75, 3.05) is 0 Å². The lowest BCUT2D eigenvalue weighted by molar-refractivity contribution is 0.0525. The summed E-state index contributed by atoms with van der Waals surface area (Å²) in [5, 5.41) is 11.5. The second-order valence-electron chi connectivity index (χ2n) is 11.3. The van der Waals surface area contributed by atoms with Crippen molar-refractivity contribution in [2.24, 2.45) is 0 Å². The molecule has 4 rings (SSSR count). The molecule has 1 aliphatic rings. The van der Waals surface area contributed by atoms with Crippen LogP contribution < -0.4 is 4.74 Å². The fraction of sp³-hybridized carbons (Fsp3) is 0.379. The molecule has 0 aliphatic carbocycles. The molecule has 2 nitrogen and oxygen atoms in total. The van der Waals surface area contributed by atoms with Crippen molar-refractivity contribution >= 4 is 0 Å². The third kappa shape index (κ3) is 3.73. The van der Waals surface area contributed by atoms with E-state index in [0.29, 0.717) is 5.75 Å². The van der Waals surface area contributed by atoms with Crippen LogP contribution >= 0.6 is 0 Å². The van der Waals surface area contributed by atoms with Gasteiger partial charge in [-0.15, -0.1) is 0 Å². The van der Waals surface area contributed by atoms with Gasteiger partial charge in [0.25, 0.3) is 0 Å². The quantitative estimate of drug-likeness (QED) is 0.461. The number of benzene rings is 3. The van der Waals surface area contributed by atoms with E-state index in [1.807, 2.05) is 18.2 Å². The molecule has 3 aromatic carbocycles. The second kappa shape index (κ2) is 6.88. The summed E-state index contributed by atoms with van der Waals surface area (Å²) in [4.78, 5) is 0. The van der Waals surface area contributed by atoms with Crippen molar-refractivity contribution in [3.8, 4) is 33.8 Å².